The van der Waals surface area contributed by atoms with Crippen LogP contribution in [0.4, 0.5) is 10.1 Å². The smallest absolute Gasteiger partial charge is 0.170 e. The zero-order valence-electron chi connectivity index (χ0n) is 10.8. The van der Waals surface area contributed by atoms with Gasteiger partial charge < -0.3 is 10.1 Å². The predicted molar refractivity (Wildman–Crippen MR) is 79.2 cm³/mol. The van der Waals surface area contributed by atoms with Gasteiger partial charge in [0.15, 0.2) is 11.6 Å². The molecule has 2 rings (SSSR count). The lowest BCUT2D eigenvalue weighted by Gasteiger charge is -2.10. The van der Waals surface area contributed by atoms with Crippen LogP contribution in [0.2, 0.25) is 0 Å². The van der Waals surface area contributed by atoms with Crippen molar-refractivity contribution in [3.05, 3.63) is 57.8 Å². The number of halogens is 2. The Hall–Kier alpha value is -1.55. The molecule has 2 aromatic carbocycles. The molecule has 0 aromatic heterocycles. The van der Waals surface area contributed by atoms with Gasteiger partial charge in [0.2, 0.25) is 0 Å². The fraction of sp³-hybridized carbons (Fsp3) is 0.200. The van der Waals surface area contributed by atoms with Gasteiger partial charge in [0.05, 0.1) is 7.11 Å². The lowest BCUT2D eigenvalue weighted by atomic mass is 10.2. The first-order valence-electron chi connectivity index (χ1n) is 5.93. The van der Waals surface area contributed by atoms with E-state index in [9.17, 15) is 4.39 Å². The second-order valence-electron chi connectivity index (χ2n) is 4.25. The molecule has 0 spiro atoms. The zero-order chi connectivity index (χ0) is 13.8. The minimum atomic E-state index is -0.316. The summed E-state index contributed by atoms with van der Waals surface area (Å²) in [6.07, 6.45) is 0. The average Bonchev–Trinajstić information content (AvgIpc) is 2.41. The highest BCUT2D eigenvalue weighted by Crippen LogP contribution is 2.23. The molecule has 0 aliphatic carbocycles. The quantitative estimate of drug-likeness (QED) is 0.893. The third kappa shape index (κ3) is 3.26. The molecule has 2 nitrogen and oxygen atoms in total. The Labute approximate surface area is 120 Å². The topological polar surface area (TPSA) is 21.3 Å². The van der Waals surface area contributed by atoms with Crippen LogP contribution in [0.3, 0.4) is 0 Å². The minimum Gasteiger partial charge on any atom is -0.494 e. The van der Waals surface area contributed by atoms with Gasteiger partial charge >= 0.3 is 0 Å². The van der Waals surface area contributed by atoms with Gasteiger partial charge in [-0.1, -0.05) is 34.1 Å². The van der Waals surface area contributed by atoms with Crippen LogP contribution in [-0.4, -0.2) is 7.11 Å². The molecule has 0 saturated heterocycles. The van der Waals surface area contributed by atoms with Gasteiger partial charge in [-0.2, -0.15) is 0 Å². The summed E-state index contributed by atoms with van der Waals surface area (Å²) in [5, 5.41) is 3.20. The summed E-state index contributed by atoms with van der Waals surface area (Å²) in [4.78, 5) is 0. The number of hydrogen-bond donors (Lipinski definition) is 1. The van der Waals surface area contributed by atoms with Crippen LogP contribution >= 0.6 is 15.9 Å². The Morgan fingerprint density at radius 2 is 2.05 bits per heavy atom. The van der Waals surface area contributed by atoms with Crippen molar-refractivity contribution in [2.45, 2.75) is 13.5 Å². The summed E-state index contributed by atoms with van der Waals surface area (Å²) < 4.78 is 19.9. The third-order valence-corrected chi connectivity index (χ3v) is 3.77. The number of methoxy groups -OCH3 is 1. The molecule has 0 heterocycles. The largest absolute Gasteiger partial charge is 0.494 e. The SMILES string of the molecule is COc1cccc(CNc2ccc(C)c(Br)c2)c1F. The minimum absolute atomic E-state index is 0.268. The maximum Gasteiger partial charge on any atom is 0.170 e. The summed E-state index contributed by atoms with van der Waals surface area (Å²) >= 11 is 3.48. The summed E-state index contributed by atoms with van der Waals surface area (Å²) in [6, 6.07) is 11.1. The molecule has 1 N–H and O–H groups in total. The number of rotatable bonds is 4. The molecule has 0 aliphatic heterocycles. The maximum atomic E-state index is 13.9. The Bertz CT molecular complexity index is 586. The van der Waals surface area contributed by atoms with E-state index >= 15 is 0 Å². The lowest BCUT2D eigenvalue weighted by Crippen LogP contribution is -2.03. The summed E-state index contributed by atoms with van der Waals surface area (Å²) in [5.41, 5.74) is 2.69. The standard InChI is InChI=1S/C15H15BrFNO/c1-10-6-7-12(8-13(10)16)18-9-11-4-3-5-14(19-2)15(11)17/h3-8,18H,9H2,1-2H3. The monoisotopic (exact) mass is 323 g/mol. The van der Waals surface area contributed by atoms with Crippen molar-refractivity contribution < 1.29 is 9.13 Å². The van der Waals surface area contributed by atoms with E-state index in [4.69, 9.17) is 4.74 Å². The molecule has 19 heavy (non-hydrogen) atoms. The molecule has 0 amide bonds. The highest BCUT2D eigenvalue weighted by molar-refractivity contribution is 9.10. The van der Waals surface area contributed by atoms with E-state index in [1.807, 2.05) is 25.1 Å². The van der Waals surface area contributed by atoms with E-state index in [0.717, 1.165) is 15.7 Å². The molecule has 0 saturated carbocycles. The summed E-state index contributed by atoms with van der Waals surface area (Å²) in [6.45, 7) is 2.44. The van der Waals surface area contributed by atoms with Crippen molar-refractivity contribution in [3.8, 4) is 5.75 Å². The molecular formula is C15H15BrFNO. The first-order valence-corrected chi connectivity index (χ1v) is 6.72. The number of ether oxygens (including phenoxy) is 1. The normalized spacial score (nSPS) is 10.3. The van der Waals surface area contributed by atoms with Crippen LogP contribution in [0.5, 0.6) is 5.75 Å². The van der Waals surface area contributed by atoms with E-state index in [1.54, 1.807) is 18.2 Å². The Kier molecular flexibility index (Phi) is 4.43. The van der Waals surface area contributed by atoms with E-state index in [-0.39, 0.29) is 11.6 Å². The van der Waals surface area contributed by atoms with Crippen molar-refractivity contribution in [1.82, 2.24) is 0 Å². The van der Waals surface area contributed by atoms with Crippen LogP contribution in [0.25, 0.3) is 0 Å². The summed E-state index contributed by atoms with van der Waals surface area (Å²) in [5.74, 6) is -0.0481. The van der Waals surface area contributed by atoms with E-state index in [0.29, 0.717) is 12.1 Å². The molecular weight excluding hydrogens is 309 g/mol. The molecule has 2 aromatic rings. The average molecular weight is 324 g/mol. The molecule has 0 bridgehead atoms. The van der Waals surface area contributed by atoms with Gasteiger partial charge in [0.1, 0.15) is 0 Å². The van der Waals surface area contributed by atoms with Gasteiger partial charge in [-0.15, -0.1) is 0 Å². The molecule has 0 unspecified atom stereocenters. The van der Waals surface area contributed by atoms with Crippen molar-refractivity contribution in [3.63, 3.8) is 0 Å². The number of benzene rings is 2. The number of aryl methyl sites for hydroxylation is 1. The molecule has 0 atom stereocenters. The Balaban J connectivity index is 2.12. The highest BCUT2D eigenvalue weighted by atomic mass is 79.9. The number of hydrogen-bond acceptors (Lipinski definition) is 2. The van der Waals surface area contributed by atoms with Crippen LogP contribution in [0.15, 0.2) is 40.9 Å². The van der Waals surface area contributed by atoms with E-state index in [1.165, 1.54) is 7.11 Å². The van der Waals surface area contributed by atoms with Gasteiger partial charge in [-0.05, 0) is 30.7 Å². The van der Waals surface area contributed by atoms with Gasteiger partial charge in [-0.3, -0.25) is 0 Å². The summed E-state index contributed by atoms with van der Waals surface area (Å²) in [7, 11) is 1.46. The van der Waals surface area contributed by atoms with E-state index in [2.05, 4.69) is 21.2 Å². The number of anilines is 1. The van der Waals surface area contributed by atoms with Crippen molar-refractivity contribution in [1.29, 1.82) is 0 Å². The highest BCUT2D eigenvalue weighted by Gasteiger charge is 2.08. The van der Waals surface area contributed by atoms with Crippen molar-refractivity contribution in [2.24, 2.45) is 0 Å². The first-order chi connectivity index (χ1) is 9.11. The molecule has 0 fully saturated rings. The van der Waals surface area contributed by atoms with Crippen LogP contribution in [-0.2, 0) is 6.54 Å². The van der Waals surface area contributed by atoms with Crippen LogP contribution in [0, 0.1) is 12.7 Å². The fourth-order valence-electron chi connectivity index (χ4n) is 1.75. The van der Waals surface area contributed by atoms with Crippen LogP contribution in [0.1, 0.15) is 11.1 Å². The van der Waals surface area contributed by atoms with Crippen molar-refractivity contribution >= 4 is 21.6 Å². The van der Waals surface area contributed by atoms with Crippen molar-refractivity contribution in [2.75, 3.05) is 12.4 Å². The van der Waals surface area contributed by atoms with E-state index < -0.39 is 0 Å². The molecule has 0 aliphatic rings. The molecule has 0 radical (unpaired) electrons. The maximum absolute atomic E-state index is 13.9. The van der Waals surface area contributed by atoms with Gasteiger partial charge in [-0.25, -0.2) is 4.39 Å². The Morgan fingerprint density at radius 1 is 1.26 bits per heavy atom. The Morgan fingerprint density at radius 3 is 2.74 bits per heavy atom. The molecule has 4 heteroatoms. The van der Waals surface area contributed by atoms with Crippen LogP contribution < -0.4 is 10.1 Å². The third-order valence-electron chi connectivity index (χ3n) is 2.92. The first kappa shape index (κ1) is 13.9. The molecule has 100 valence electrons. The van der Waals surface area contributed by atoms with Gasteiger partial charge in [0.25, 0.3) is 0 Å². The fourth-order valence-corrected chi connectivity index (χ4v) is 2.13. The lowest BCUT2D eigenvalue weighted by molar-refractivity contribution is 0.384. The second kappa shape index (κ2) is 6.06. The number of nitrogens with one attached hydrogen (secondary N) is 1. The predicted octanol–water partition coefficient (Wildman–Crippen LogP) is 4.52. The second-order valence-corrected chi connectivity index (χ2v) is 5.11. The zero-order valence-corrected chi connectivity index (χ0v) is 12.4. The van der Waals surface area contributed by atoms with Gasteiger partial charge in [0, 0.05) is 22.3 Å².